The number of benzene rings is 3. The summed E-state index contributed by atoms with van der Waals surface area (Å²) < 4.78 is 42.0. The molecule has 16 heteroatoms. The van der Waals surface area contributed by atoms with Crippen LogP contribution in [0.4, 0.5) is 30.8 Å². The van der Waals surface area contributed by atoms with E-state index < -0.39 is 35.5 Å². The fourth-order valence-corrected chi connectivity index (χ4v) is 6.59. The Morgan fingerprint density at radius 1 is 1.08 bits per heavy atom. The molecule has 0 fully saturated rings. The van der Waals surface area contributed by atoms with Crippen LogP contribution in [0.2, 0.25) is 0 Å². The number of halogens is 2. The first-order chi connectivity index (χ1) is 23.7. The van der Waals surface area contributed by atoms with Crippen LogP contribution in [-0.4, -0.2) is 55.3 Å². The first-order valence-electron chi connectivity index (χ1n) is 15.0. The number of rotatable bonds is 9. The molecule has 0 spiro atoms. The molecule has 49 heavy (non-hydrogen) atoms. The topological polar surface area (TPSA) is 163 Å². The summed E-state index contributed by atoms with van der Waals surface area (Å²) in [6.07, 6.45) is 1.62. The number of ether oxygens (including phenoxy) is 2. The van der Waals surface area contributed by atoms with E-state index in [4.69, 9.17) is 15.2 Å². The second-order valence-corrected chi connectivity index (χ2v) is 12.4. The average molecular weight is 687 g/mol. The molecule has 0 saturated heterocycles. The Morgan fingerprint density at radius 3 is 2.63 bits per heavy atom. The molecule has 6 aromatic rings. The summed E-state index contributed by atoms with van der Waals surface area (Å²) in [7, 11) is 0. The zero-order chi connectivity index (χ0) is 34.1. The van der Waals surface area contributed by atoms with E-state index in [0.717, 1.165) is 23.5 Å². The fourth-order valence-electron chi connectivity index (χ4n) is 5.63. The molecule has 3 aromatic heterocycles. The third-order valence-corrected chi connectivity index (χ3v) is 8.92. The number of fused-ring (bicyclic) bond motifs is 2. The number of aliphatic hydroxyl groups is 1. The zero-order valence-electron chi connectivity index (χ0n) is 25.6. The Hall–Kier alpha value is -5.87. The molecule has 3 aromatic carbocycles. The van der Waals surface area contributed by atoms with E-state index in [1.165, 1.54) is 33.2 Å². The van der Waals surface area contributed by atoms with Gasteiger partial charge in [-0.1, -0.05) is 18.2 Å². The third-order valence-electron chi connectivity index (χ3n) is 7.90. The minimum atomic E-state index is -2.04. The number of amides is 1. The number of para-hydroxylation sites is 1. The number of aromatic nitrogens is 5. The second-order valence-electron chi connectivity index (χ2n) is 11.2. The number of carbonyl (C=O) groups is 1. The van der Waals surface area contributed by atoms with E-state index in [1.807, 2.05) is 42.5 Å². The average Bonchev–Trinajstić information content (AvgIpc) is 3.76. The Morgan fingerprint density at radius 2 is 1.88 bits per heavy atom. The molecule has 1 aliphatic rings. The lowest BCUT2D eigenvalue weighted by Gasteiger charge is -2.31. The molecule has 13 nitrogen and oxygen atoms in total. The lowest BCUT2D eigenvalue weighted by Crippen LogP contribution is -2.39. The van der Waals surface area contributed by atoms with Gasteiger partial charge in [-0.25, -0.2) is 28.2 Å². The molecular weight excluding hydrogens is 658 g/mol. The van der Waals surface area contributed by atoms with Crippen LogP contribution in [-0.2, 0) is 23.4 Å². The predicted octanol–water partition coefficient (Wildman–Crippen LogP) is 4.24. The van der Waals surface area contributed by atoms with Crippen molar-refractivity contribution in [3.8, 4) is 11.4 Å². The number of anilines is 3. The van der Waals surface area contributed by atoms with Crippen LogP contribution in [0.25, 0.3) is 16.0 Å². The number of hydrogen-bond acceptors (Lipinski definition) is 11. The molecule has 1 unspecified atom stereocenters. The molecule has 0 saturated carbocycles. The number of nitrogens with zero attached hydrogens (tertiary/aromatic N) is 6. The maximum Gasteiger partial charge on any atom is 0.407 e. The van der Waals surface area contributed by atoms with Crippen LogP contribution in [0.1, 0.15) is 10.4 Å². The van der Waals surface area contributed by atoms with Crippen LogP contribution in [0.3, 0.4) is 0 Å². The number of carbonyl (C=O) groups excluding carboxylic acids is 1. The van der Waals surface area contributed by atoms with Crippen LogP contribution in [0.5, 0.6) is 5.75 Å². The first kappa shape index (κ1) is 31.7. The molecule has 0 radical (unpaired) electrons. The van der Waals surface area contributed by atoms with Gasteiger partial charge < -0.3 is 30.5 Å². The molecule has 7 rings (SSSR count). The van der Waals surface area contributed by atoms with Crippen molar-refractivity contribution in [3.05, 3.63) is 118 Å². The van der Waals surface area contributed by atoms with E-state index >= 15 is 0 Å². The van der Waals surface area contributed by atoms with E-state index in [2.05, 4.69) is 25.3 Å². The van der Waals surface area contributed by atoms with Gasteiger partial charge in [-0.15, -0.1) is 11.3 Å². The highest BCUT2D eigenvalue weighted by molar-refractivity contribution is 7.18. The van der Waals surface area contributed by atoms with Gasteiger partial charge in [-0.05, 0) is 54.1 Å². The molecule has 4 heterocycles. The highest BCUT2D eigenvalue weighted by Gasteiger charge is 2.34. The Balaban J connectivity index is 1.11. The van der Waals surface area contributed by atoms with Gasteiger partial charge in [-0.2, -0.15) is 5.10 Å². The van der Waals surface area contributed by atoms with Crippen molar-refractivity contribution in [1.29, 1.82) is 0 Å². The van der Waals surface area contributed by atoms with Crippen LogP contribution in [0, 0.1) is 11.6 Å². The molecule has 0 aliphatic carbocycles. The number of alkyl carbamates (subject to hydrolysis) is 1. The van der Waals surface area contributed by atoms with Crippen molar-refractivity contribution in [2.75, 3.05) is 30.4 Å². The quantitative estimate of drug-likeness (QED) is 0.201. The van der Waals surface area contributed by atoms with Crippen LogP contribution in [0.15, 0.2) is 90.2 Å². The molecule has 1 atom stereocenters. The normalized spacial score (nSPS) is 13.8. The van der Waals surface area contributed by atoms with Gasteiger partial charge in [-0.3, -0.25) is 9.36 Å². The van der Waals surface area contributed by atoms with Gasteiger partial charge in [0.1, 0.15) is 53.7 Å². The van der Waals surface area contributed by atoms with Crippen molar-refractivity contribution >= 4 is 45.0 Å². The van der Waals surface area contributed by atoms with Crippen molar-refractivity contribution < 1.29 is 28.2 Å². The Labute approximate surface area is 280 Å². The van der Waals surface area contributed by atoms with Gasteiger partial charge in [0.15, 0.2) is 5.82 Å². The molecule has 4 N–H and O–H groups in total. The van der Waals surface area contributed by atoms with Gasteiger partial charge in [0, 0.05) is 16.6 Å². The summed E-state index contributed by atoms with van der Waals surface area (Å²) in [5, 5.41) is 17.9. The van der Waals surface area contributed by atoms with Crippen molar-refractivity contribution in [3.63, 3.8) is 0 Å². The van der Waals surface area contributed by atoms with E-state index in [9.17, 15) is 23.5 Å². The minimum Gasteiger partial charge on any atom is -0.490 e. The highest BCUT2D eigenvalue weighted by Crippen LogP contribution is 2.38. The summed E-state index contributed by atoms with van der Waals surface area (Å²) in [5.41, 5.74) is 6.15. The molecular formula is C33H28F2N8O5S. The number of nitrogens with two attached hydrogens (primary N) is 1. The lowest BCUT2D eigenvalue weighted by atomic mass is 9.94. The fraction of sp³-hybridized carbons (Fsp3) is 0.182. The third kappa shape index (κ3) is 6.50. The smallest absolute Gasteiger partial charge is 0.407 e. The number of thiophene rings is 1. The minimum absolute atomic E-state index is 0.0239. The van der Waals surface area contributed by atoms with Crippen LogP contribution < -0.4 is 26.2 Å². The van der Waals surface area contributed by atoms with Gasteiger partial charge in [0.05, 0.1) is 36.5 Å². The van der Waals surface area contributed by atoms with E-state index in [-0.39, 0.29) is 24.5 Å². The van der Waals surface area contributed by atoms with Crippen molar-refractivity contribution in [2.45, 2.75) is 18.7 Å². The largest absolute Gasteiger partial charge is 0.490 e. The molecule has 1 amide bonds. The summed E-state index contributed by atoms with van der Waals surface area (Å²) in [6, 6.07) is 19.6. The Kier molecular flexibility index (Phi) is 8.39. The van der Waals surface area contributed by atoms with Gasteiger partial charge in [0.25, 0.3) is 5.56 Å². The zero-order valence-corrected chi connectivity index (χ0v) is 26.4. The summed E-state index contributed by atoms with van der Waals surface area (Å²) in [4.78, 5) is 37.5. The SMILES string of the molecule is Nc1nc2sc(CNC(=O)OCC(O)(Cn3cncn3)c3cc(F)cc(F)c3)cc2n(-c2ccc3c(c2)N(c2ccccc2)CCO3)c1=O. The monoisotopic (exact) mass is 686 g/mol. The first-order valence-corrected chi connectivity index (χ1v) is 15.8. The molecule has 1 aliphatic heterocycles. The summed E-state index contributed by atoms with van der Waals surface area (Å²) in [5.74, 6) is -1.34. The van der Waals surface area contributed by atoms with Gasteiger partial charge in [0.2, 0.25) is 0 Å². The highest BCUT2D eigenvalue weighted by atomic mass is 32.1. The molecule has 0 bridgehead atoms. The van der Waals surface area contributed by atoms with E-state index in [1.54, 1.807) is 12.1 Å². The predicted molar refractivity (Wildman–Crippen MR) is 177 cm³/mol. The van der Waals surface area contributed by atoms with Crippen molar-refractivity contribution in [2.24, 2.45) is 0 Å². The summed E-state index contributed by atoms with van der Waals surface area (Å²) >= 11 is 1.22. The maximum absolute atomic E-state index is 14.0. The van der Waals surface area contributed by atoms with Gasteiger partial charge >= 0.3 is 6.09 Å². The number of nitrogens with one attached hydrogen (secondary N) is 1. The lowest BCUT2D eigenvalue weighted by molar-refractivity contribution is -0.0418. The van der Waals surface area contributed by atoms with Crippen molar-refractivity contribution in [1.82, 2.24) is 29.6 Å². The van der Waals surface area contributed by atoms with E-state index in [0.29, 0.717) is 45.9 Å². The summed E-state index contributed by atoms with van der Waals surface area (Å²) in [6.45, 7) is 0.131. The number of nitrogen functional groups attached to an aromatic ring is 1. The number of hydrogen-bond donors (Lipinski definition) is 3. The Bertz CT molecular complexity index is 2190. The molecule has 250 valence electrons. The second kappa shape index (κ2) is 13.0. The maximum atomic E-state index is 14.0. The standard InChI is InChI=1S/C33H28F2N8O5S/c34-21-10-20(11-22(35)12-21)33(46,16-41-19-37-18-39-41)17-48-32(45)38-15-25-14-27-30(49-25)40-29(36)31(44)43(27)24-6-7-28-26(13-24)42(8-9-47-28)23-4-2-1-3-5-23/h1-7,10-14,18-19,46H,8-9,15-17H2,(H2,36,40)(H,38,45). The van der Waals surface area contributed by atoms with Crippen LogP contribution >= 0.6 is 11.3 Å².